The third-order valence-electron chi connectivity index (χ3n) is 5.00. The van der Waals surface area contributed by atoms with Gasteiger partial charge in [-0.3, -0.25) is 0 Å². The Labute approximate surface area is 130 Å². The van der Waals surface area contributed by atoms with Gasteiger partial charge in [0.15, 0.2) is 0 Å². The van der Waals surface area contributed by atoms with Crippen LogP contribution in [-0.2, 0) is 6.42 Å². The van der Waals surface area contributed by atoms with Crippen molar-refractivity contribution in [2.75, 3.05) is 26.7 Å². The molecule has 0 amide bonds. The highest BCUT2D eigenvalue weighted by Gasteiger charge is 2.19. The molecule has 0 bridgehead atoms. The van der Waals surface area contributed by atoms with E-state index in [1.807, 2.05) is 0 Å². The fourth-order valence-corrected chi connectivity index (χ4v) is 3.48. The minimum Gasteiger partial charge on any atom is -0.317 e. The van der Waals surface area contributed by atoms with Crippen LogP contribution in [0.3, 0.4) is 0 Å². The number of benzene rings is 1. The van der Waals surface area contributed by atoms with Gasteiger partial charge in [0.25, 0.3) is 0 Å². The second kappa shape index (κ2) is 9.22. The van der Waals surface area contributed by atoms with Crippen molar-refractivity contribution in [2.45, 2.75) is 51.5 Å². The average molecular weight is 288 g/mol. The molecule has 1 N–H and O–H groups in total. The van der Waals surface area contributed by atoms with Crippen LogP contribution < -0.4 is 5.32 Å². The van der Waals surface area contributed by atoms with E-state index >= 15 is 0 Å². The monoisotopic (exact) mass is 288 g/mol. The summed E-state index contributed by atoms with van der Waals surface area (Å²) in [6.45, 7) is 6.16. The summed E-state index contributed by atoms with van der Waals surface area (Å²) in [5.41, 5.74) is 1.51. The van der Waals surface area contributed by atoms with E-state index in [2.05, 4.69) is 54.5 Å². The van der Waals surface area contributed by atoms with Crippen LogP contribution in [-0.4, -0.2) is 37.6 Å². The van der Waals surface area contributed by atoms with E-state index in [0.29, 0.717) is 6.04 Å². The van der Waals surface area contributed by atoms with Crippen LogP contribution in [0.1, 0.15) is 44.6 Å². The van der Waals surface area contributed by atoms with Crippen molar-refractivity contribution < 1.29 is 0 Å². The van der Waals surface area contributed by atoms with Gasteiger partial charge in [0.1, 0.15) is 0 Å². The van der Waals surface area contributed by atoms with Crippen LogP contribution in [0.2, 0.25) is 0 Å². The molecule has 1 fully saturated rings. The molecular formula is C19H32N2. The first kappa shape index (κ1) is 16.5. The molecule has 2 nitrogen and oxygen atoms in total. The fourth-order valence-electron chi connectivity index (χ4n) is 3.48. The van der Waals surface area contributed by atoms with Gasteiger partial charge in [-0.1, -0.05) is 37.3 Å². The van der Waals surface area contributed by atoms with E-state index in [0.717, 1.165) is 5.92 Å². The Kier molecular flexibility index (Phi) is 7.25. The lowest BCUT2D eigenvalue weighted by molar-refractivity contribution is 0.179. The van der Waals surface area contributed by atoms with Crippen molar-refractivity contribution in [3.05, 3.63) is 35.9 Å². The molecule has 0 radical (unpaired) electrons. The number of nitrogens with one attached hydrogen (secondary N) is 1. The maximum atomic E-state index is 3.41. The maximum absolute atomic E-state index is 3.41. The van der Waals surface area contributed by atoms with E-state index in [1.54, 1.807) is 0 Å². The summed E-state index contributed by atoms with van der Waals surface area (Å²) in [6.07, 6.45) is 7.91. The molecule has 118 valence electrons. The second-order valence-electron chi connectivity index (χ2n) is 6.51. The van der Waals surface area contributed by atoms with Gasteiger partial charge in [0.05, 0.1) is 0 Å². The lowest BCUT2D eigenvalue weighted by Crippen LogP contribution is -2.35. The Morgan fingerprint density at radius 2 is 1.90 bits per heavy atom. The summed E-state index contributed by atoms with van der Waals surface area (Å²) >= 11 is 0. The molecule has 1 atom stereocenters. The summed E-state index contributed by atoms with van der Waals surface area (Å²) in [4.78, 5) is 2.67. The van der Waals surface area contributed by atoms with Gasteiger partial charge in [0, 0.05) is 6.04 Å². The molecule has 1 aromatic carbocycles. The quantitative estimate of drug-likeness (QED) is 0.784. The predicted molar refractivity (Wildman–Crippen MR) is 91.7 cm³/mol. The molecule has 1 unspecified atom stereocenters. The van der Waals surface area contributed by atoms with Crippen LogP contribution >= 0.6 is 0 Å². The van der Waals surface area contributed by atoms with Gasteiger partial charge in [-0.25, -0.2) is 0 Å². The molecule has 21 heavy (non-hydrogen) atoms. The van der Waals surface area contributed by atoms with Gasteiger partial charge in [-0.05, 0) is 76.7 Å². The average Bonchev–Trinajstić information content (AvgIpc) is 2.54. The molecule has 0 spiro atoms. The van der Waals surface area contributed by atoms with Crippen LogP contribution in [0.4, 0.5) is 0 Å². The van der Waals surface area contributed by atoms with E-state index in [4.69, 9.17) is 0 Å². The third kappa shape index (κ3) is 5.80. The lowest BCUT2D eigenvalue weighted by atomic mass is 9.90. The van der Waals surface area contributed by atoms with Crippen LogP contribution in [0, 0.1) is 5.92 Å². The molecule has 1 aliphatic rings. The van der Waals surface area contributed by atoms with Crippen LogP contribution in [0.15, 0.2) is 30.3 Å². The summed E-state index contributed by atoms with van der Waals surface area (Å²) in [5, 5.41) is 3.41. The standard InChI is InChI=1S/C19H32N2/c1-3-19(20-2)10-7-13-21-14-11-18(12-15-21)16-17-8-5-4-6-9-17/h4-6,8-9,18-20H,3,7,10-16H2,1-2H3. The van der Waals surface area contributed by atoms with Gasteiger partial charge in [-0.2, -0.15) is 0 Å². The summed E-state index contributed by atoms with van der Waals surface area (Å²) in [7, 11) is 2.09. The minimum atomic E-state index is 0.709. The van der Waals surface area contributed by atoms with E-state index < -0.39 is 0 Å². The van der Waals surface area contributed by atoms with E-state index in [-0.39, 0.29) is 0 Å². The number of likely N-dealkylation sites (tertiary alicyclic amines) is 1. The number of piperidine rings is 1. The van der Waals surface area contributed by atoms with Crippen LogP contribution in [0.25, 0.3) is 0 Å². The lowest BCUT2D eigenvalue weighted by Gasteiger charge is -2.32. The maximum Gasteiger partial charge on any atom is 0.00619 e. The number of hydrogen-bond donors (Lipinski definition) is 1. The highest BCUT2D eigenvalue weighted by molar-refractivity contribution is 5.15. The van der Waals surface area contributed by atoms with Crippen molar-refractivity contribution in [2.24, 2.45) is 5.92 Å². The molecule has 1 aromatic rings. The third-order valence-corrected chi connectivity index (χ3v) is 5.00. The first-order valence-electron chi connectivity index (χ1n) is 8.75. The van der Waals surface area contributed by atoms with Crippen molar-refractivity contribution in [3.8, 4) is 0 Å². The van der Waals surface area contributed by atoms with Gasteiger partial charge in [0.2, 0.25) is 0 Å². The Hall–Kier alpha value is -0.860. The predicted octanol–water partition coefficient (Wildman–Crippen LogP) is 3.72. The number of nitrogens with zero attached hydrogens (tertiary/aromatic N) is 1. The SMILES string of the molecule is CCC(CCCN1CCC(Cc2ccccc2)CC1)NC. The van der Waals surface area contributed by atoms with Gasteiger partial charge in [-0.15, -0.1) is 0 Å². The number of hydrogen-bond acceptors (Lipinski definition) is 2. The fraction of sp³-hybridized carbons (Fsp3) is 0.684. The molecule has 1 aliphatic heterocycles. The minimum absolute atomic E-state index is 0.709. The molecule has 0 saturated carbocycles. The second-order valence-corrected chi connectivity index (χ2v) is 6.51. The zero-order valence-electron chi connectivity index (χ0n) is 13.9. The molecule has 2 rings (SSSR count). The van der Waals surface area contributed by atoms with E-state index in [1.165, 1.54) is 63.7 Å². The molecule has 0 aliphatic carbocycles. The van der Waals surface area contributed by atoms with Crippen molar-refractivity contribution in [3.63, 3.8) is 0 Å². The molecule has 0 aromatic heterocycles. The smallest absolute Gasteiger partial charge is 0.00619 e. The van der Waals surface area contributed by atoms with Crippen molar-refractivity contribution in [1.82, 2.24) is 10.2 Å². The van der Waals surface area contributed by atoms with Crippen molar-refractivity contribution >= 4 is 0 Å². The summed E-state index contributed by atoms with van der Waals surface area (Å²) in [6, 6.07) is 11.7. The Morgan fingerprint density at radius 1 is 1.19 bits per heavy atom. The highest BCUT2D eigenvalue weighted by Crippen LogP contribution is 2.21. The Morgan fingerprint density at radius 3 is 2.52 bits per heavy atom. The Bertz CT molecular complexity index is 364. The van der Waals surface area contributed by atoms with Crippen LogP contribution in [0.5, 0.6) is 0 Å². The van der Waals surface area contributed by atoms with Crippen molar-refractivity contribution in [1.29, 1.82) is 0 Å². The first-order valence-corrected chi connectivity index (χ1v) is 8.75. The largest absolute Gasteiger partial charge is 0.317 e. The molecule has 1 saturated heterocycles. The zero-order chi connectivity index (χ0) is 14.9. The van der Waals surface area contributed by atoms with Gasteiger partial charge >= 0.3 is 0 Å². The normalized spacial score (nSPS) is 18.8. The number of rotatable bonds is 8. The zero-order valence-corrected chi connectivity index (χ0v) is 13.9. The highest BCUT2D eigenvalue weighted by atomic mass is 15.1. The first-order chi connectivity index (χ1) is 10.3. The van der Waals surface area contributed by atoms with E-state index in [9.17, 15) is 0 Å². The molecule has 1 heterocycles. The molecule has 2 heteroatoms. The molecular weight excluding hydrogens is 256 g/mol. The summed E-state index contributed by atoms with van der Waals surface area (Å²) < 4.78 is 0. The topological polar surface area (TPSA) is 15.3 Å². The van der Waals surface area contributed by atoms with Gasteiger partial charge < -0.3 is 10.2 Å². The Balaban J connectivity index is 1.62. The summed E-state index contributed by atoms with van der Waals surface area (Å²) in [5.74, 6) is 0.893.